The average Bonchev–Trinajstić information content (AvgIpc) is 3.27. The number of likely N-dealkylation sites (tertiary alicyclic amines) is 1. The van der Waals surface area contributed by atoms with E-state index in [1.165, 1.54) is 30.3 Å². The molecule has 0 spiro atoms. The van der Waals surface area contributed by atoms with Crippen molar-refractivity contribution < 1.29 is 23.5 Å². The molecule has 1 aliphatic rings. The molecule has 1 aromatic carbocycles. The summed E-state index contributed by atoms with van der Waals surface area (Å²) in [7, 11) is 1.29. The SMILES string of the molecule is COC(=O)C1CCCCN1C(=O)[C@H](Cc1ccc(F)cc1)NC(=O)c1cc2cc(Cl)ncc2[nH]1. The van der Waals surface area contributed by atoms with Gasteiger partial charge in [-0.2, -0.15) is 0 Å². The fourth-order valence-electron chi connectivity index (χ4n) is 4.20. The predicted molar refractivity (Wildman–Crippen MR) is 124 cm³/mol. The van der Waals surface area contributed by atoms with Crippen LogP contribution in [0.4, 0.5) is 4.39 Å². The number of esters is 1. The van der Waals surface area contributed by atoms with Crippen LogP contribution in [0.5, 0.6) is 0 Å². The van der Waals surface area contributed by atoms with E-state index in [2.05, 4.69) is 15.3 Å². The molecule has 2 amide bonds. The number of carbonyl (C=O) groups excluding carboxylic acids is 3. The van der Waals surface area contributed by atoms with Crippen molar-refractivity contribution in [1.29, 1.82) is 0 Å². The molecular weight excluding hydrogens is 463 g/mol. The molecule has 0 aliphatic carbocycles. The Balaban J connectivity index is 1.61. The summed E-state index contributed by atoms with van der Waals surface area (Å²) in [5.74, 6) is -1.78. The van der Waals surface area contributed by atoms with Crippen LogP contribution in [0, 0.1) is 5.82 Å². The smallest absolute Gasteiger partial charge is 0.328 e. The molecule has 0 bridgehead atoms. The summed E-state index contributed by atoms with van der Waals surface area (Å²) in [4.78, 5) is 47.4. The van der Waals surface area contributed by atoms with Crippen molar-refractivity contribution in [2.75, 3.05) is 13.7 Å². The van der Waals surface area contributed by atoms with E-state index in [4.69, 9.17) is 16.3 Å². The van der Waals surface area contributed by atoms with E-state index in [1.807, 2.05) is 0 Å². The van der Waals surface area contributed by atoms with E-state index in [0.29, 0.717) is 34.6 Å². The number of carbonyl (C=O) groups is 3. The number of aromatic nitrogens is 2. The lowest BCUT2D eigenvalue weighted by molar-refractivity contribution is -0.155. The third-order valence-electron chi connectivity index (χ3n) is 5.93. The summed E-state index contributed by atoms with van der Waals surface area (Å²) in [6, 6.07) is 7.28. The Bertz CT molecular complexity index is 1210. The monoisotopic (exact) mass is 486 g/mol. The summed E-state index contributed by atoms with van der Waals surface area (Å²) in [5, 5.41) is 3.78. The largest absolute Gasteiger partial charge is 0.467 e. The summed E-state index contributed by atoms with van der Waals surface area (Å²) in [6.45, 7) is 0.380. The van der Waals surface area contributed by atoms with Gasteiger partial charge >= 0.3 is 5.97 Å². The van der Waals surface area contributed by atoms with Crippen molar-refractivity contribution in [1.82, 2.24) is 20.2 Å². The van der Waals surface area contributed by atoms with E-state index in [1.54, 1.807) is 24.3 Å². The van der Waals surface area contributed by atoms with E-state index in [-0.39, 0.29) is 12.1 Å². The van der Waals surface area contributed by atoms with Gasteiger partial charge in [0.05, 0.1) is 18.8 Å². The highest BCUT2D eigenvalue weighted by Gasteiger charge is 2.37. The van der Waals surface area contributed by atoms with E-state index < -0.39 is 35.7 Å². The number of H-pyrrole nitrogens is 1. The molecule has 2 aromatic heterocycles. The zero-order valence-corrected chi connectivity index (χ0v) is 19.3. The number of amides is 2. The van der Waals surface area contributed by atoms with Gasteiger partial charge in [-0.25, -0.2) is 14.2 Å². The molecule has 1 unspecified atom stereocenters. The molecular formula is C24H24ClFN4O4. The van der Waals surface area contributed by atoms with Gasteiger partial charge in [0.2, 0.25) is 5.91 Å². The fraction of sp³-hybridized carbons (Fsp3) is 0.333. The number of fused-ring (bicyclic) bond motifs is 1. The Kier molecular flexibility index (Phi) is 7.12. The van der Waals surface area contributed by atoms with Crippen LogP contribution in [-0.2, 0) is 20.7 Å². The molecule has 34 heavy (non-hydrogen) atoms. The number of ether oxygens (including phenoxy) is 1. The highest BCUT2D eigenvalue weighted by Crippen LogP contribution is 2.21. The van der Waals surface area contributed by atoms with Crippen molar-refractivity contribution in [3.8, 4) is 0 Å². The molecule has 3 heterocycles. The summed E-state index contributed by atoms with van der Waals surface area (Å²) < 4.78 is 18.3. The lowest BCUT2D eigenvalue weighted by Crippen LogP contribution is -2.56. The van der Waals surface area contributed by atoms with Crippen LogP contribution in [0.25, 0.3) is 10.9 Å². The predicted octanol–water partition coefficient (Wildman–Crippen LogP) is 3.25. The lowest BCUT2D eigenvalue weighted by Gasteiger charge is -2.36. The van der Waals surface area contributed by atoms with Gasteiger partial charge in [0.15, 0.2) is 0 Å². The molecule has 2 atom stereocenters. The van der Waals surface area contributed by atoms with Crippen LogP contribution < -0.4 is 5.32 Å². The molecule has 178 valence electrons. The van der Waals surface area contributed by atoms with E-state index in [0.717, 1.165) is 12.8 Å². The molecule has 4 rings (SSSR count). The second-order valence-electron chi connectivity index (χ2n) is 8.20. The van der Waals surface area contributed by atoms with Gasteiger partial charge in [-0.05, 0) is 49.1 Å². The Morgan fingerprint density at radius 1 is 1.26 bits per heavy atom. The molecule has 1 fully saturated rings. The highest BCUT2D eigenvalue weighted by molar-refractivity contribution is 6.30. The first kappa shape index (κ1) is 23.7. The van der Waals surface area contributed by atoms with E-state index in [9.17, 15) is 18.8 Å². The number of nitrogens with one attached hydrogen (secondary N) is 2. The van der Waals surface area contributed by atoms with Gasteiger partial charge in [-0.3, -0.25) is 9.59 Å². The van der Waals surface area contributed by atoms with Gasteiger partial charge in [-0.1, -0.05) is 23.7 Å². The number of nitrogens with zero attached hydrogens (tertiary/aromatic N) is 2. The summed E-state index contributed by atoms with van der Waals surface area (Å²) in [6.07, 6.45) is 3.68. The van der Waals surface area contributed by atoms with Crippen LogP contribution in [0.2, 0.25) is 5.15 Å². The van der Waals surface area contributed by atoms with Gasteiger partial charge < -0.3 is 19.9 Å². The van der Waals surface area contributed by atoms with Crippen molar-refractivity contribution in [2.24, 2.45) is 0 Å². The maximum absolute atomic E-state index is 13.6. The molecule has 8 nitrogen and oxygen atoms in total. The van der Waals surface area contributed by atoms with Gasteiger partial charge in [-0.15, -0.1) is 0 Å². The first-order valence-corrected chi connectivity index (χ1v) is 11.3. The van der Waals surface area contributed by atoms with E-state index >= 15 is 0 Å². The number of halogens is 2. The maximum atomic E-state index is 13.6. The molecule has 3 aromatic rings. The minimum Gasteiger partial charge on any atom is -0.467 e. The van der Waals surface area contributed by atoms with Crippen molar-refractivity contribution in [2.45, 2.75) is 37.8 Å². The normalized spacial score (nSPS) is 16.8. The van der Waals surface area contributed by atoms with Crippen LogP contribution >= 0.6 is 11.6 Å². The van der Waals surface area contributed by atoms with Gasteiger partial charge in [0.25, 0.3) is 5.91 Å². The maximum Gasteiger partial charge on any atom is 0.328 e. The molecule has 0 radical (unpaired) electrons. The topological polar surface area (TPSA) is 104 Å². The number of piperidine rings is 1. The molecule has 1 saturated heterocycles. The molecule has 1 aliphatic heterocycles. The standard InChI is InChI=1S/C24H24ClFN4O4/c1-34-24(33)20-4-2-3-9-30(20)23(32)18(10-14-5-7-16(26)8-6-14)29-22(31)17-11-15-12-21(25)27-13-19(15)28-17/h5-8,11-13,18,20,28H,2-4,9-10H2,1H3,(H,29,31)/t18-,20?/m0/s1. The van der Waals surface area contributed by atoms with Crippen LogP contribution in [0.15, 0.2) is 42.6 Å². The van der Waals surface area contributed by atoms with Crippen LogP contribution in [0.1, 0.15) is 35.3 Å². The number of hydrogen-bond acceptors (Lipinski definition) is 5. The molecule has 0 saturated carbocycles. The van der Waals surface area contributed by atoms with Crippen LogP contribution in [-0.4, -0.2) is 58.4 Å². The lowest BCUT2D eigenvalue weighted by atomic mass is 9.98. The zero-order chi connectivity index (χ0) is 24.2. The second kappa shape index (κ2) is 10.2. The molecule has 10 heteroatoms. The Morgan fingerprint density at radius 2 is 2.03 bits per heavy atom. The quantitative estimate of drug-likeness (QED) is 0.411. The van der Waals surface area contributed by atoms with Gasteiger partial charge in [0.1, 0.15) is 28.7 Å². The summed E-state index contributed by atoms with van der Waals surface area (Å²) >= 11 is 5.93. The number of rotatable bonds is 6. The third-order valence-corrected chi connectivity index (χ3v) is 6.14. The third kappa shape index (κ3) is 5.20. The Hall–Kier alpha value is -3.46. The fourth-order valence-corrected chi connectivity index (χ4v) is 4.36. The Labute approximate surface area is 200 Å². The molecule has 2 N–H and O–H groups in total. The minimum absolute atomic E-state index is 0.128. The summed E-state index contributed by atoms with van der Waals surface area (Å²) in [5.41, 5.74) is 1.52. The highest BCUT2D eigenvalue weighted by atomic mass is 35.5. The Morgan fingerprint density at radius 3 is 2.76 bits per heavy atom. The number of hydrogen-bond donors (Lipinski definition) is 2. The van der Waals surface area contributed by atoms with Crippen molar-refractivity contribution >= 4 is 40.3 Å². The average molecular weight is 487 g/mol. The van der Waals surface area contributed by atoms with Crippen molar-refractivity contribution in [3.05, 3.63) is 64.8 Å². The van der Waals surface area contributed by atoms with Crippen LogP contribution in [0.3, 0.4) is 0 Å². The zero-order valence-electron chi connectivity index (χ0n) is 18.5. The van der Waals surface area contributed by atoms with Crippen molar-refractivity contribution in [3.63, 3.8) is 0 Å². The number of pyridine rings is 1. The number of benzene rings is 1. The minimum atomic E-state index is -0.976. The second-order valence-corrected chi connectivity index (χ2v) is 8.59. The number of methoxy groups -OCH3 is 1. The van der Waals surface area contributed by atoms with Gasteiger partial charge in [0, 0.05) is 18.4 Å². The first-order chi connectivity index (χ1) is 16.4. The number of aromatic amines is 1. The first-order valence-electron chi connectivity index (χ1n) is 10.9.